The zero-order valence-corrected chi connectivity index (χ0v) is 15.8. The van der Waals surface area contributed by atoms with Gasteiger partial charge >= 0.3 is 0 Å². The van der Waals surface area contributed by atoms with Crippen LogP contribution in [-0.4, -0.2) is 54.8 Å². The molecule has 0 saturated carbocycles. The molecular formula is C20H22N2O4S. The largest absolute Gasteiger partial charge is 0.507 e. The van der Waals surface area contributed by atoms with Gasteiger partial charge in [-0.25, -0.2) is 8.42 Å². The van der Waals surface area contributed by atoms with E-state index in [0.717, 1.165) is 24.8 Å². The number of hydrogen-bond donors (Lipinski definition) is 1. The Morgan fingerprint density at radius 3 is 2.37 bits per heavy atom. The van der Waals surface area contributed by atoms with Crippen LogP contribution >= 0.6 is 0 Å². The monoisotopic (exact) mass is 386 g/mol. The van der Waals surface area contributed by atoms with Crippen molar-refractivity contribution in [3.05, 3.63) is 59.2 Å². The summed E-state index contributed by atoms with van der Waals surface area (Å²) in [6.07, 6.45) is 3.02. The van der Waals surface area contributed by atoms with Crippen molar-refractivity contribution >= 4 is 15.9 Å². The molecule has 1 saturated heterocycles. The number of benzene rings is 2. The molecule has 27 heavy (non-hydrogen) atoms. The molecule has 0 unspecified atom stereocenters. The van der Waals surface area contributed by atoms with E-state index in [1.54, 1.807) is 35.2 Å². The van der Waals surface area contributed by atoms with E-state index >= 15 is 0 Å². The summed E-state index contributed by atoms with van der Waals surface area (Å²) in [7, 11) is -3.56. The lowest BCUT2D eigenvalue weighted by atomic mass is 10.1. The Balaban J connectivity index is 1.47. The molecule has 6 nitrogen and oxygen atoms in total. The third kappa shape index (κ3) is 3.33. The summed E-state index contributed by atoms with van der Waals surface area (Å²) in [5.41, 5.74) is 2.61. The molecule has 1 heterocycles. The van der Waals surface area contributed by atoms with Crippen LogP contribution in [0.2, 0.25) is 0 Å². The SMILES string of the molecule is O=C(c1ccccc1O)N1CCN(S(=O)(=O)c2ccc3c(c2)CCC3)CC1. The summed E-state index contributed by atoms with van der Waals surface area (Å²) in [6, 6.07) is 11.8. The van der Waals surface area contributed by atoms with E-state index in [2.05, 4.69) is 0 Å². The van der Waals surface area contributed by atoms with Crippen LogP contribution in [0.3, 0.4) is 0 Å². The van der Waals surface area contributed by atoms with Gasteiger partial charge < -0.3 is 10.0 Å². The Hall–Kier alpha value is -2.38. The summed E-state index contributed by atoms with van der Waals surface area (Å²) in [4.78, 5) is 14.5. The number of piperazine rings is 1. The maximum Gasteiger partial charge on any atom is 0.257 e. The van der Waals surface area contributed by atoms with Crippen molar-refractivity contribution in [1.29, 1.82) is 0 Å². The van der Waals surface area contributed by atoms with Gasteiger partial charge in [0.05, 0.1) is 10.5 Å². The summed E-state index contributed by atoms with van der Waals surface area (Å²) < 4.78 is 27.4. The lowest BCUT2D eigenvalue weighted by Crippen LogP contribution is -2.50. The van der Waals surface area contributed by atoms with Gasteiger partial charge in [-0.2, -0.15) is 4.31 Å². The van der Waals surface area contributed by atoms with Crippen LogP contribution < -0.4 is 0 Å². The predicted molar refractivity (Wildman–Crippen MR) is 101 cm³/mol. The van der Waals surface area contributed by atoms with Crippen LogP contribution in [0.1, 0.15) is 27.9 Å². The summed E-state index contributed by atoms with van der Waals surface area (Å²) >= 11 is 0. The molecule has 142 valence electrons. The van der Waals surface area contributed by atoms with E-state index in [1.807, 2.05) is 6.07 Å². The zero-order chi connectivity index (χ0) is 19.0. The van der Waals surface area contributed by atoms with E-state index in [0.29, 0.717) is 18.0 Å². The molecular weight excluding hydrogens is 364 g/mol. The van der Waals surface area contributed by atoms with E-state index in [1.165, 1.54) is 15.9 Å². The molecule has 1 amide bonds. The molecule has 0 aromatic heterocycles. The molecule has 2 aromatic rings. The number of carbonyl (C=O) groups is 1. The van der Waals surface area contributed by atoms with Crippen molar-refractivity contribution in [1.82, 2.24) is 9.21 Å². The molecule has 0 atom stereocenters. The first-order chi connectivity index (χ1) is 13.0. The van der Waals surface area contributed by atoms with Crippen LogP contribution in [0.4, 0.5) is 0 Å². The molecule has 0 spiro atoms. The molecule has 1 fully saturated rings. The van der Waals surface area contributed by atoms with Crippen molar-refractivity contribution in [2.24, 2.45) is 0 Å². The standard InChI is InChI=1S/C20H22N2O4S/c23-19-7-2-1-6-18(19)20(24)21-10-12-22(13-11-21)27(25,26)17-9-8-15-4-3-5-16(15)14-17/h1-2,6-9,14,23H,3-5,10-13H2. The predicted octanol–water partition coefficient (Wildman–Crippen LogP) is 2.03. The minimum atomic E-state index is -3.56. The first kappa shape index (κ1) is 18.0. The number of hydrogen-bond acceptors (Lipinski definition) is 4. The van der Waals surface area contributed by atoms with Gasteiger partial charge in [0, 0.05) is 26.2 Å². The average Bonchev–Trinajstić information content (AvgIpc) is 3.16. The Bertz CT molecular complexity index is 979. The first-order valence-corrected chi connectivity index (χ1v) is 10.6. The van der Waals surface area contributed by atoms with E-state index < -0.39 is 10.0 Å². The number of amides is 1. The highest BCUT2D eigenvalue weighted by Gasteiger charge is 2.31. The van der Waals surface area contributed by atoms with Crippen LogP contribution in [0.5, 0.6) is 5.75 Å². The maximum absolute atomic E-state index is 13.0. The zero-order valence-electron chi connectivity index (χ0n) is 15.0. The van der Waals surface area contributed by atoms with E-state index in [-0.39, 0.29) is 30.3 Å². The number of aryl methyl sites for hydroxylation is 2. The second-order valence-corrected chi connectivity index (χ2v) is 8.94. The summed E-state index contributed by atoms with van der Waals surface area (Å²) in [5.74, 6) is -0.335. The van der Waals surface area contributed by atoms with Gasteiger partial charge in [0.2, 0.25) is 10.0 Å². The van der Waals surface area contributed by atoms with Crippen LogP contribution in [0, 0.1) is 0 Å². The second-order valence-electron chi connectivity index (χ2n) is 7.00. The van der Waals surface area contributed by atoms with Crippen molar-refractivity contribution in [3.8, 4) is 5.75 Å². The first-order valence-electron chi connectivity index (χ1n) is 9.16. The topological polar surface area (TPSA) is 77.9 Å². The molecule has 1 aliphatic heterocycles. The minimum Gasteiger partial charge on any atom is -0.507 e. The molecule has 7 heteroatoms. The second kappa shape index (κ2) is 6.98. The maximum atomic E-state index is 13.0. The van der Waals surface area contributed by atoms with Gasteiger partial charge in [-0.3, -0.25) is 4.79 Å². The number of aromatic hydroxyl groups is 1. The van der Waals surface area contributed by atoms with Crippen LogP contribution in [0.25, 0.3) is 0 Å². The van der Waals surface area contributed by atoms with Gasteiger partial charge in [0.15, 0.2) is 0 Å². The highest BCUT2D eigenvalue weighted by atomic mass is 32.2. The number of fused-ring (bicyclic) bond motifs is 1. The number of sulfonamides is 1. The van der Waals surface area contributed by atoms with Crippen molar-refractivity contribution in [3.63, 3.8) is 0 Å². The fourth-order valence-electron chi connectivity index (χ4n) is 3.81. The highest BCUT2D eigenvalue weighted by Crippen LogP contribution is 2.27. The van der Waals surface area contributed by atoms with Crippen molar-refractivity contribution < 1.29 is 18.3 Å². The van der Waals surface area contributed by atoms with Gasteiger partial charge in [0.1, 0.15) is 5.75 Å². The molecule has 2 aliphatic rings. The van der Waals surface area contributed by atoms with Crippen molar-refractivity contribution in [2.75, 3.05) is 26.2 Å². The number of phenolic OH excluding ortho intramolecular Hbond substituents is 1. The number of nitrogens with zero attached hydrogens (tertiary/aromatic N) is 2. The molecule has 0 bridgehead atoms. The lowest BCUT2D eigenvalue weighted by molar-refractivity contribution is 0.0695. The number of para-hydroxylation sites is 1. The molecule has 4 rings (SSSR count). The lowest BCUT2D eigenvalue weighted by Gasteiger charge is -2.34. The number of carbonyl (C=O) groups excluding carboxylic acids is 1. The fourth-order valence-corrected chi connectivity index (χ4v) is 5.29. The quantitative estimate of drug-likeness (QED) is 0.876. The Morgan fingerprint density at radius 2 is 1.63 bits per heavy atom. The smallest absolute Gasteiger partial charge is 0.257 e. The summed E-state index contributed by atoms with van der Waals surface area (Å²) in [6.45, 7) is 1.10. The molecule has 2 aromatic carbocycles. The fraction of sp³-hybridized carbons (Fsp3) is 0.350. The van der Waals surface area contributed by atoms with Crippen LogP contribution in [-0.2, 0) is 22.9 Å². The van der Waals surface area contributed by atoms with E-state index in [4.69, 9.17) is 0 Å². The minimum absolute atomic E-state index is 0.0595. The summed E-state index contributed by atoms with van der Waals surface area (Å²) in [5, 5.41) is 9.86. The third-order valence-corrected chi connectivity index (χ3v) is 7.26. The molecule has 1 N–H and O–H groups in total. The van der Waals surface area contributed by atoms with Gasteiger partial charge in [0.25, 0.3) is 5.91 Å². The van der Waals surface area contributed by atoms with Gasteiger partial charge in [-0.05, 0) is 54.7 Å². The van der Waals surface area contributed by atoms with Crippen LogP contribution in [0.15, 0.2) is 47.4 Å². The van der Waals surface area contributed by atoms with Crippen molar-refractivity contribution in [2.45, 2.75) is 24.2 Å². The Labute approximate surface area is 159 Å². The third-order valence-electron chi connectivity index (χ3n) is 5.37. The Morgan fingerprint density at radius 1 is 0.926 bits per heavy atom. The van der Waals surface area contributed by atoms with Gasteiger partial charge in [-0.15, -0.1) is 0 Å². The number of rotatable bonds is 3. The van der Waals surface area contributed by atoms with Gasteiger partial charge in [-0.1, -0.05) is 18.2 Å². The normalized spacial score (nSPS) is 17.7. The average molecular weight is 386 g/mol. The number of phenols is 1. The molecule has 1 aliphatic carbocycles. The van der Waals surface area contributed by atoms with E-state index in [9.17, 15) is 18.3 Å². The highest BCUT2D eigenvalue weighted by molar-refractivity contribution is 7.89. The molecule has 0 radical (unpaired) electrons. The Kier molecular flexibility index (Phi) is 4.65.